The summed E-state index contributed by atoms with van der Waals surface area (Å²) in [5.41, 5.74) is 6.22. The average molecular weight is 694 g/mol. The Kier molecular flexibility index (Phi) is 10.3. The van der Waals surface area contributed by atoms with Crippen molar-refractivity contribution in [1.29, 1.82) is 0 Å². The number of pyridine rings is 2. The molecule has 2 aliphatic rings. The van der Waals surface area contributed by atoms with E-state index in [0.717, 1.165) is 49.1 Å². The highest BCUT2D eigenvalue weighted by Crippen LogP contribution is 2.33. The zero-order chi connectivity index (χ0) is 33.9. The molecule has 5 aromatic rings. The number of benzene rings is 2. The number of ether oxygens (including phenoxy) is 2. The van der Waals surface area contributed by atoms with Crippen molar-refractivity contribution in [2.45, 2.75) is 32.9 Å². The third-order valence-electron chi connectivity index (χ3n) is 8.50. The number of nitrogens with one attached hydrogen (secondary N) is 2. The van der Waals surface area contributed by atoms with E-state index >= 15 is 0 Å². The van der Waals surface area contributed by atoms with Crippen LogP contribution in [-0.2, 0) is 20.9 Å². The Morgan fingerprint density at radius 1 is 0.960 bits per heavy atom. The molecule has 1 atom stereocenters. The minimum Gasteiger partial charge on any atom is -0.491 e. The standard InChI is InChI=1S/C36H35N7O5S.CH4/c1-42(2)25-5-9-29-31(18-25)49-35(40-29)23-3-8-28(38-20-23)22-4-11-32(39-19-22)37-13-14-47-15-16-48-26-6-7-27-24(17-26)21-43(36(27)46)30-10-12-33(44)41-34(30)45;/h3-9,11,17-20,30H,10,12-16,21H2,1-2H3,(H,37,39)(H,41,44,45);1H4. The second-order valence-electron chi connectivity index (χ2n) is 12.0. The maximum absolute atomic E-state index is 12.9. The molecule has 0 saturated carbocycles. The van der Waals surface area contributed by atoms with Crippen LogP contribution < -0.4 is 20.3 Å². The summed E-state index contributed by atoms with van der Waals surface area (Å²) in [4.78, 5) is 54.2. The molecule has 12 nitrogen and oxygen atoms in total. The highest BCUT2D eigenvalue weighted by molar-refractivity contribution is 7.21. The van der Waals surface area contributed by atoms with Gasteiger partial charge in [-0.2, -0.15) is 0 Å². The Bertz CT molecular complexity index is 2010. The maximum Gasteiger partial charge on any atom is 0.255 e. The second-order valence-corrected chi connectivity index (χ2v) is 13.1. The number of nitrogens with zero attached hydrogens (tertiary/aromatic N) is 5. The molecule has 1 saturated heterocycles. The van der Waals surface area contributed by atoms with Crippen LogP contribution in [0.2, 0.25) is 0 Å². The summed E-state index contributed by atoms with van der Waals surface area (Å²) in [6, 6.07) is 18.9. The number of piperidine rings is 1. The second kappa shape index (κ2) is 15.0. The van der Waals surface area contributed by atoms with Crippen LogP contribution in [0.1, 0.15) is 36.2 Å². The molecule has 2 aromatic carbocycles. The first-order chi connectivity index (χ1) is 23.8. The molecule has 1 fully saturated rings. The van der Waals surface area contributed by atoms with Crippen molar-refractivity contribution in [2.24, 2.45) is 0 Å². The van der Waals surface area contributed by atoms with E-state index in [4.69, 9.17) is 14.5 Å². The first-order valence-electron chi connectivity index (χ1n) is 16.1. The van der Waals surface area contributed by atoms with Gasteiger partial charge in [0.2, 0.25) is 11.8 Å². The van der Waals surface area contributed by atoms with E-state index in [2.05, 4.69) is 43.7 Å². The van der Waals surface area contributed by atoms with Gasteiger partial charge in [0.25, 0.3) is 5.91 Å². The number of rotatable bonds is 12. The van der Waals surface area contributed by atoms with Crippen molar-refractivity contribution in [3.05, 3.63) is 84.2 Å². The molecule has 0 bridgehead atoms. The SMILES string of the molecule is C.CN(C)c1ccc2nc(-c3ccc(-c4ccc(NCCOCCOc5ccc6c(c5)CN(C5CCC(=O)NC5=O)C6=O)nc4)nc3)sc2c1. The highest BCUT2D eigenvalue weighted by Gasteiger charge is 2.39. The van der Waals surface area contributed by atoms with Gasteiger partial charge >= 0.3 is 0 Å². The number of thiazole rings is 1. The van der Waals surface area contributed by atoms with Gasteiger partial charge in [-0.15, -0.1) is 11.3 Å². The van der Waals surface area contributed by atoms with Crippen molar-refractivity contribution < 1.29 is 23.9 Å². The van der Waals surface area contributed by atoms with Gasteiger partial charge in [-0.3, -0.25) is 24.7 Å². The molecule has 3 amide bonds. The van der Waals surface area contributed by atoms with Crippen LogP contribution in [0.3, 0.4) is 0 Å². The normalized spacial score (nSPS) is 15.4. The number of carbonyl (C=O) groups excluding carboxylic acids is 3. The predicted molar refractivity (Wildman–Crippen MR) is 194 cm³/mol. The fourth-order valence-electron chi connectivity index (χ4n) is 5.87. The van der Waals surface area contributed by atoms with E-state index < -0.39 is 11.9 Å². The van der Waals surface area contributed by atoms with E-state index in [0.29, 0.717) is 50.6 Å². The van der Waals surface area contributed by atoms with Crippen LogP contribution in [0, 0.1) is 0 Å². The summed E-state index contributed by atoms with van der Waals surface area (Å²) in [5.74, 6) is 0.435. The smallest absolute Gasteiger partial charge is 0.255 e. The monoisotopic (exact) mass is 693 g/mol. The fourth-order valence-corrected chi connectivity index (χ4v) is 6.86. The zero-order valence-electron chi connectivity index (χ0n) is 27.1. The van der Waals surface area contributed by atoms with Gasteiger partial charge < -0.3 is 24.6 Å². The maximum atomic E-state index is 12.9. The molecule has 0 spiro atoms. The quantitative estimate of drug-likeness (QED) is 0.129. The van der Waals surface area contributed by atoms with E-state index in [1.165, 1.54) is 4.90 Å². The molecule has 1 unspecified atom stereocenters. The summed E-state index contributed by atoms with van der Waals surface area (Å²) in [6.07, 6.45) is 4.21. The molecule has 5 heterocycles. The molecule has 0 radical (unpaired) electrons. The lowest BCUT2D eigenvalue weighted by Gasteiger charge is -2.29. The van der Waals surface area contributed by atoms with Crippen molar-refractivity contribution in [1.82, 2.24) is 25.2 Å². The molecule has 7 rings (SSSR count). The largest absolute Gasteiger partial charge is 0.491 e. The van der Waals surface area contributed by atoms with Gasteiger partial charge in [0.1, 0.15) is 29.2 Å². The lowest BCUT2D eigenvalue weighted by Crippen LogP contribution is -2.52. The molecule has 0 aliphatic carbocycles. The number of hydrogen-bond acceptors (Lipinski definition) is 11. The molecule has 258 valence electrons. The number of hydrogen-bond donors (Lipinski definition) is 2. The number of fused-ring (bicyclic) bond motifs is 2. The summed E-state index contributed by atoms with van der Waals surface area (Å²) >= 11 is 1.66. The number of amides is 3. The molecule has 3 aromatic heterocycles. The first kappa shape index (κ1) is 34.5. The summed E-state index contributed by atoms with van der Waals surface area (Å²) in [5, 5.41) is 6.53. The molecular weight excluding hydrogens is 655 g/mol. The summed E-state index contributed by atoms with van der Waals surface area (Å²) in [6.45, 7) is 2.09. The van der Waals surface area contributed by atoms with Crippen LogP contribution in [-0.4, -0.2) is 84.1 Å². The van der Waals surface area contributed by atoms with Crippen LogP contribution in [0.15, 0.2) is 73.1 Å². The number of imide groups is 1. The Morgan fingerprint density at radius 2 is 1.80 bits per heavy atom. The average Bonchev–Trinajstić information content (AvgIpc) is 3.68. The van der Waals surface area contributed by atoms with Gasteiger partial charge in [-0.1, -0.05) is 7.43 Å². The van der Waals surface area contributed by atoms with Crippen molar-refractivity contribution >= 4 is 50.8 Å². The summed E-state index contributed by atoms with van der Waals surface area (Å²) in [7, 11) is 4.06. The number of aromatic nitrogens is 3. The number of carbonyl (C=O) groups is 3. The highest BCUT2D eigenvalue weighted by atomic mass is 32.1. The fraction of sp³-hybridized carbons (Fsp3) is 0.297. The number of anilines is 2. The molecule has 13 heteroatoms. The third kappa shape index (κ3) is 7.43. The minimum atomic E-state index is -0.638. The van der Waals surface area contributed by atoms with Crippen molar-refractivity contribution in [2.75, 3.05) is 50.7 Å². The molecule has 2 N–H and O–H groups in total. The van der Waals surface area contributed by atoms with Gasteiger partial charge in [0.15, 0.2) is 0 Å². The van der Waals surface area contributed by atoms with Gasteiger partial charge in [-0.25, -0.2) is 9.97 Å². The Balaban J connectivity index is 0.00000432. The third-order valence-corrected chi connectivity index (χ3v) is 9.57. The predicted octanol–water partition coefficient (Wildman–Crippen LogP) is 5.39. The van der Waals surface area contributed by atoms with E-state index in [1.807, 2.05) is 50.6 Å². The van der Waals surface area contributed by atoms with E-state index in [9.17, 15) is 14.4 Å². The molecule has 2 aliphatic heterocycles. The van der Waals surface area contributed by atoms with Crippen molar-refractivity contribution in [3.8, 4) is 27.6 Å². The van der Waals surface area contributed by atoms with Crippen LogP contribution in [0.4, 0.5) is 11.5 Å². The van der Waals surface area contributed by atoms with Crippen LogP contribution in [0.25, 0.3) is 32.0 Å². The van der Waals surface area contributed by atoms with Crippen LogP contribution in [0.5, 0.6) is 5.75 Å². The zero-order valence-corrected chi connectivity index (χ0v) is 28.0. The Morgan fingerprint density at radius 3 is 2.56 bits per heavy atom. The lowest BCUT2D eigenvalue weighted by molar-refractivity contribution is -0.136. The van der Waals surface area contributed by atoms with Gasteiger partial charge in [-0.05, 0) is 72.6 Å². The van der Waals surface area contributed by atoms with Crippen molar-refractivity contribution in [3.63, 3.8) is 0 Å². The summed E-state index contributed by atoms with van der Waals surface area (Å²) < 4.78 is 12.7. The Hall–Kier alpha value is -5.40. The van der Waals surface area contributed by atoms with E-state index in [1.54, 1.807) is 29.7 Å². The lowest BCUT2D eigenvalue weighted by atomic mass is 10.0. The van der Waals surface area contributed by atoms with Gasteiger partial charge in [0.05, 0.1) is 29.1 Å². The minimum absolute atomic E-state index is 0. The molecule has 50 heavy (non-hydrogen) atoms. The van der Waals surface area contributed by atoms with Crippen LogP contribution >= 0.6 is 11.3 Å². The topological polar surface area (TPSA) is 139 Å². The van der Waals surface area contributed by atoms with Gasteiger partial charge in [0, 0.05) is 68.4 Å². The Labute approximate surface area is 294 Å². The van der Waals surface area contributed by atoms with E-state index in [-0.39, 0.29) is 25.7 Å². The molecular formula is C37H39N7O5S. The first-order valence-corrected chi connectivity index (χ1v) is 16.9.